The van der Waals surface area contributed by atoms with Gasteiger partial charge in [-0.25, -0.2) is 4.98 Å². The number of nitrogens with one attached hydrogen (secondary N) is 1. The normalized spacial score (nSPS) is 14.2. The second kappa shape index (κ2) is 6.57. The number of rotatable bonds is 4. The highest BCUT2D eigenvalue weighted by Gasteiger charge is 2.24. The summed E-state index contributed by atoms with van der Waals surface area (Å²) in [5.74, 6) is 0.895. The Balaban J connectivity index is 1.62. The van der Waals surface area contributed by atoms with E-state index in [9.17, 15) is 14.9 Å². The lowest BCUT2D eigenvalue weighted by molar-refractivity contribution is -0.385. The van der Waals surface area contributed by atoms with Crippen LogP contribution in [0.25, 0.3) is 11.6 Å². The van der Waals surface area contributed by atoms with Crippen LogP contribution in [0.1, 0.15) is 16.8 Å². The van der Waals surface area contributed by atoms with Crippen LogP contribution in [0, 0.1) is 10.1 Å². The van der Waals surface area contributed by atoms with Crippen LogP contribution in [0.2, 0.25) is 0 Å². The number of furan rings is 1. The van der Waals surface area contributed by atoms with Crippen molar-refractivity contribution in [3.63, 3.8) is 0 Å². The first-order valence-corrected chi connectivity index (χ1v) is 8.22. The first kappa shape index (κ1) is 16.2. The second-order valence-corrected chi connectivity index (χ2v) is 6.16. The van der Waals surface area contributed by atoms with Crippen molar-refractivity contribution in [3.05, 3.63) is 80.0 Å². The van der Waals surface area contributed by atoms with E-state index in [2.05, 4.69) is 14.9 Å². The topological polar surface area (TPSA) is 105 Å². The zero-order valence-corrected chi connectivity index (χ0v) is 13.8. The Morgan fingerprint density at radius 1 is 1.27 bits per heavy atom. The number of nitro groups is 1. The van der Waals surface area contributed by atoms with E-state index in [0.717, 1.165) is 0 Å². The van der Waals surface area contributed by atoms with Gasteiger partial charge < -0.3 is 9.40 Å². The molecule has 3 aromatic rings. The number of aromatic nitrogens is 2. The molecule has 0 atom stereocenters. The van der Waals surface area contributed by atoms with Gasteiger partial charge in [0, 0.05) is 36.8 Å². The Labute approximate surface area is 148 Å². The molecule has 0 aliphatic carbocycles. The Morgan fingerprint density at radius 3 is 2.88 bits per heavy atom. The van der Waals surface area contributed by atoms with Gasteiger partial charge in [0.25, 0.3) is 11.2 Å². The van der Waals surface area contributed by atoms with Gasteiger partial charge >= 0.3 is 0 Å². The maximum absolute atomic E-state index is 12.3. The van der Waals surface area contributed by atoms with Crippen molar-refractivity contribution in [1.82, 2.24) is 14.9 Å². The van der Waals surface area contributed by atoms with Crippen molar-refractivity contribution in [2.24, 2.45) is 0 Å². The first-order valence-electron chi connectivity index (χ1n) is 8.22. The molecule has 0 saturated heterocycles. The fourth-order valence-electron chi connectivity index (χ4n) is 3.22. The van der Waals surface area contributed by atoms with Gasteiger partial charge in [-0.3, -0.25) is 19.8 Å². The third kappa shape index (κ3) is 3.02. The monoisotopic (exact) mass is 352 g/mol. The van der Waals surface area contributed by atoms with Gasteiger partial charge in [0.05, 0.1) is 16.9 Å². The van der Waals surface area contributed by atoms with Crippen LogP contribution < -0.4 is 5.56 Å². The van der Waals surface area contributed by atoms with Gasteiger partial charge in [-0.1, -0.05) is 18.2 Å². The lowest BCUT2D eigenvalue weighted by Gasteiger charge is -2.27. The minimum Gasteiger partial charge on any atom is -0.461 e. The molecule has 0 fully saturated rings. The maximum atomic E-state index is 12.3. The van der Waals surface area contributed by atoms with Gasteiger partial charge in [-0.15, -0.1) is 0 Å². The van der Waals surface area contributed by atoms with Crippen molar-refractivity contribution in [2.75, 3.05) is 6.54 Å². The highest BCUT2D eigenvalue weighted by atomic mass is 16.6. The fourth-order valence-corrected chi connectivity index (χ4v) is 3.22. The highest BCUT2D eigenvalue weighted by Crippen LogP contribution is 2.23. The molecular formula is C18H16N4O4. The van der Waals surface area contributed by atoms with Gasteiger partial charge in [0.1, 0.15) is 0 Å². The fraction of sp³-hybridized carbons (Fsp3) is 0.222. The van der Waals surface area contributed by atoms with Crippen LogP contribution in [0.4, 0.5) is 5.69 Å². The van der Waals surface area contributed by atoms with Crippen molar-refractivity contribution >= 4 is 5.69 Å². The zero-order valence-electron chi connectivity index (χ0n) is 13.8. The molecule has 4 rings (SSSR count). The molecule has 0 bridgehead atoms. The number of hydrogen-bond acceptors (Lipinski definition) is 6. The molecular weight excluding hydrogens is 336 g/mol. The molecule has 26 heavy (non-hydrogen) atoms. The number of benzene rings is 1. The summed E-state index contributed by atoms with van der Waals surface area (Å²) in [5, 5.41) is 11.2. The Kier molecular flexibility index (Phi) is 4.10. The maximum Gasteiger partial charge on any atom is 0.273 e. The minimum atomic E-state index is -0.370. The molecule has 0 amide bonds. The lowest BCUT2D eigenvalue weighted by Crippen LogP contribution is -2.35. The number of hydrogen-bond donors (Lipinski definition) is 1. The molecule has 2 aromatic heterocycles. The summed E-state index contributed by atoms with van der Waals surface area (Å²) in [7, 11) is 0. The molecule has 1 N–H and O–H groups in total. The molecule has 1 aromatic carbocycles. The predicted octanol–water partition coefficient (Wildman–Crippen LogP) is 2.50. The number of nitrogens with zero attached hydrogens (tertiary/aromatic N) is 3. The zero-order chi connectivity index (χ0) is 18.1. The van der Waals surface area contributed by atoms with Crippen LogP contribution >= 0.6 is 0 Å². The average molecular weight is 352 g/mol. The summed E-state index contributed by atoms with van der Waals surface area (Å²) >= 11 is 0. The van der Waals surface area contributed by atoms with E-state index in [0.29, 0.717) is 54.5 Å². The highest BCUT2D eigenvalue weighted by molar-refractivity contribution is 5.47. The summed E-state index contributed by atoms with van der Waals surface area (Å²) in [6.07, 6.45) is 2.08. The van der Waals surface area contributed by atoms with E-state index in [1.54, 1.807) is 30.3 Å². The summed E-state index contributed by atoms with van der Waals surface area (Å²) in [4.78, 5) is 32.5. The number of aromatic amines is 1. The van der Waals surface area contributed by atoms with E-state index < -0.39 is 0 Å². The molecule has 0 radical (unpaired) electrons. The van der Waals surface area contributed by atoms with Gasteiger partial charge in [-0.05, 0) is 18.6 Å². The molecule has 132 valence electrons. The van der Waals surface area contributed by atoms with E-state index >= 15 is 0 Å². The van der Waals surface area contributed by atoms with E-state index in [1.165, 1.54) is 12.3 Å². The average Bonchev–Trinajstić information content (AvgIpc) is 3.16. The summed E-state index contributed by atoms with van der Waals surface area (Å²) < 4.78 is 5.31. The van der Waals surface area contributed by atoms with Crippen LogP contribution in [0.15, 0.2) is 51.9 Å². The molecule has 8 nitrogen and oxygen atoms in total. The van der Waals surface area contributed by atoms with Crippen molar-refractivity contribution in [1.29, 1.82) is 0 Å². The molecule has 0 saturated carbocycles. The largest absolute Gasteiger partial charge is 0.461 e. The Hall–Kier alpha value is -3.26. The number of nitro benzene ring substituents is 1. The molecule has 0 spiro atoms. The predicted molar refractivity (Wildman–Crippen MR) is 93.5 cm³/mol. The van der Waals surface area contributed by atoms with E-state index in [-0.39, 0.29) is 16.2 Å². The van der Waals surface area contributed by atoms with E-state index in [1.807, 2.05) is 0 Å². The molecule has 8 heteroatoms. The Bertz CT molecular complexity index is 1010. The van der Waals surface area contributed by atoms with Crippen molar-refractivity contribution < 1.29 is 9.34 Å². The molecule has 1 aliphatic rings. The number of fused-ring (bicyclic) bond motifs is 1. The van der Waals surface area contributed by atoms with Crippen LogP contribution in [0.3, 0.4) is 0 Å². The SMILES string of the molecule is O=c1[nH]c(-c2ccco2)nc2c1CCN(Cc1ccccc1[N+](=O)[O-])C2. The molecule has 3 heterocycles. The van der Waals surface area contributed by atoms with Gasteiger partial charge in [0.2, 0.25) is 0 Å². The molecule has 0 unspecified atom stereocenters. The first-order chi connectivity index (χ1) is 12.6. The van der Waals surface area contributed by atoms with Gasteiger partial charge in [0.15, 0.2) is 11.6 Å². The standard InChI is InChI=1S/C18H16N4O4/c23-18-13-7-8-21(10-12-4-1-2-5-15(12)22(24)25)11-14(13)19-17(20-18)16-6-3-9-26-16/h1-6,9H,7-8,10-11H2,(H,19,20,23). The smallest absolute Gasteiger partial charge is 0.273 e. The van der Waals surface area contributed by atoms with Crippen molar-refractivity contribution in [2.45, 2.75) is 19.5 Å². The Morgan fingerprint density at radius 2 is 2.12 bits per heavy atom. The summed E-state index contributed by atoms with van der Waals surface area (Å²) in [6, 6.07) is 10.2. The lowest BCUT2D eigenvalue weighted by atomic mass is 10.0. The van der Waals surface area contributed by atoms with Crippen LogP contribution in [0.5, 0.6) is 0 Å². The second-order valence-electron chi connectivity index (χ2n) is 6.16. The quantitative estimate of drug-likeness (QED) is 0.571. The third-order valence-electron chi connectivity index (χ3n) is 4.49. The molecule has 1 aliphatic heterocycles. The third-order valence-corrected chi connectivity index (χ3v) is 4.49. The minimum absolute atomic E-state index is 0.105. The van der Waals surface area contributed by atoms with Crippen molar-refractivity contribution in [3.8, 4) is 11.6 Å². The summed E-state index contributed by atoms with van der Waals surface area (Å²) in [6.45, 7) is 1.53. The number of para-hydroxylation sites is 1. The van der Waals surface area contributed by atoms with Gasteiger partial charge in [-0.2, -0.15) is 0 Å². The number of H-pyrrole nitrogens is 1. The van der Waals surface area contributed by atoms with Crippen LogP contribution in [-0.2, 0) is 19.5 Å². The summed E-state index contributed by atoms with van der Waals surface area (Å²) in [5.41, 5.74) is 1.95. The van der Waals surface area contributed by atoms with E-state index in [4.69, 9.17) is 4.42 Å². The van der Waals surface area contributed by atoms with Crippen LogP contribution in [-0.4, -0.2) is 26.3 Å².